The van der Waals surface area contributed by atoms with Crippen LogP contribution in [0, 0.1) is 0 Å². The first kappa shape index (κ1) is 22.1. The van der Waals surface area contributed by atoms with Crippen molar-refractivity contribution in [2.45, 2.75) is 25.4 Å². The van der Waals surface area contributed by atoms with Crippen molar-refractivity contribution in [3.63, 3.8) is 0 Å². The molecule has 2 atom stereocenters. The monoisotopic (exact) mass is 432 g/mol. The van der Waals surface area contributed by atoms with Crippen LogP contribution in [0.1, 0.15) is 11.1 Å². The molecule has 0 aromatic heterocycles. The molecule has 2 heterocycles. The number of rotatable bonds is 8. The van der Waals surface area contributed by atoms with E-state index in [0.29, 0.717) is 76.9 Å². The Morgan fingerprint density at radius 1 is 0.645 bits per heavy atom. The molecule has 31 heavy (non-hydrogen) atoms. The Labute approximate surface area is 182 Å². The van der Waals surface area contributed by atoms with Crippen LogP contribution in [0.15, 0.2) is 48.5 Å². The minimum absolute atomic E-state index is 0.350. The lowest BCUT2D eigenvalue weighted by Gasteiger charge is -2.29. The van der Waals surface area contributed by atoms with Crippen LogP contribution < -0.4 is 4.74 Å². The molecule has 0 bridgehead atoms. The fraction of sp³-hybridized carbons (Fsp3) is 0.500. The second-order valence-electron chi connectivity index (χ2n) is 7.96. The molecular formula is C24H30F2N2O3. The number of nitrogens with zero attached hydrogens (tertiary/aromatic N) is 2. The smallest absolute Gasteiger partial charge is 0.157 e. The number of ether oxygens (including phenoxy) is 3. The molecule has 2 fully saturated rings. The maximum atomic E-state index is 14.5. The molecule has 2 aliphatic rings. The van der Waals surface area contributed by atoms with Crippen molar-refractivity contribution in [1.82, 2.24) is 9.80 Å². The van der Waals surface area contributed by atoms with Crippen molar-refractivity contribution in [2.24, 2.45) is 0 Å². The van der Waals surface area contributed by atoms with Gasteiger partial charge < -0.3 is 14.2 Å². The van der Waals surface area contributed by atoms with Crippen LogP contribution >= 0.6 is 0 Å². The van der Waals surface area contributed by atoms with Crippen molar-refractivity contribution in [1.29, 1.82) is 0 Å². The quantitative estimate of drug-likeness (QED) is 0.593. The third-order valence-electron chi connectivity index (χ3n) is 5.77. The molecule has 7 heteroatoms. The van der Waals surface area contributed by atoms with E-state index >= 15 is 0 Å². The van der Waals surface area contributed by atoms with Crippen molar-refractivity contribution in [3.8, 4) is 11.5 Å². The Morgan fingerprint density at radius 3 is 1.35 bits per heavy atom. The number of halogens is 2. The first-order valence-electron chi connectivity index (χ1n) is 10.9. The van der Waals surface area contributed by atoms with E-state index in [1.165, 1.54) is 0 Å². The van der Waals surface area contributed by atoms with Gasteiger partial charge in [0.15, 0.2) is 12.6 Å². The van der Waals surface area contributed by atoms with Crippen LogP contribution in [0.4, 0.5) is 8.78 Å². The number of alkyl halides is 2. The zero-order valence-electron chi connectivity index (χ0n) is 17.7. The number of morpholine rings is 2. The van der Waals surface area contributed by atoms with Crippen LogP contribution in [0.25, 0.3) is 0 Å². The van der Waals surface area contributed by atoms with Gasteiger partial charge in [0.2, 0.25) is 0 Å². The molecule has 0 amide bonds. The summed E-state index contributed by atoms with van der Waals surface area (Å²) in [6.45, 7) is 4.89. The highest BCUT2D eigenvalue weighted by atomic mass is 19.1. The standard InChI is InChI=1S/C24H30F2N2O3/c25-23(27-9-13-29-14-10-27)17-19-1-5-21(6-2-19)31-22-7-3-20(4-8-22)18-24(26)28-11-15-30-16-12-28/h1-8,23-24H,9-18H2. The second kappa shape index (κ2) is 11.0. The lowest BCUT2D eigenvalue weighted by atomic mass is 10.1. The van der Waals surface area contributed by atoms with Crippen molar-refractivity contribution in [3.05, 3.63) is 59.7 Å². The number of hydrogen-bond acceptors (Lipinski definition) is 5. The largest absolute Gasteiger partial charge is 0.457 e. The molecule has 0 spiro atoms. The molecule has 2 aliphatic heterocycles. The van der Waals surface area contributed by atoms with E-state index in [9.17, 15) is 8.78 Å². The molecule has 168 valence electrons. The van der Waals surface area contributed by atoms with Crippen LogP contribution in [0.5, 0.6) is 11.5 Å². The Hall–Kier alpha value is -2.06. The topological polar surface area (TPSA) is 34.2 Å². The summed E-state index contributed by atoms with van der Waals surface area (Å²) in [6.07, 6.45) is -1.30. The minimum Gasteiger partial charge on any atom is -0.457 e. The van der Waals surface area contributed by atoms with Gasteiger partial charge >= 0.3 is 0 Å². The van der Waals surface area contributed by atoms with Gasteiger partial charge in [-0.05, 0) is 35.4 Å². The highest BCUT2D eigenvalue weighted by Gasteiger charge is 2.21. The van der Waals surface area contributed by atoms with Gasteiger partial charge in [0.25, 0.3) is 0 Å². The number of benzene rings is 2. The maximum absolute atomic E-state index is 14.5. The molecule has 4 rings (SSSR count). The highest BCUT2D eigenvalue weighted by molar-refractivity contribution is 5.35. The fourth-order valence-corrected chi connectivity index (χ4v) is 3.89. The third-order valence-corrected chi connectivity index (χ3v) is 5.77. The van der Waals surface area contributed by atoms with Gasteiger partial charge in [-0.1, -0.05) is 24.3 Å². The summed E-state index contributed by atoms with van der Waals surface area (Å²) in [5.41, 5.74) is 1.86. The van der Waals surface area contributed by atoms with Crippen molar-refractivity contribution >= 4 is 0 Å². The number of hydrogen-bond donors (Lipinski definition) is 0. The van der Waals surface area contributed by atoms with E-state index in [1.54, 1.807) is 0 Å². The van der Waals surface area contributed by atoms with Crippen molar-refractivity contribution in [2.75, 3.05) is 52.6 Å². The summed E-state index contributed by atoms with van der Waals surface area (Å²) in [6, 6.07) is 15.0. The molecule has 0 aliphatic carbocycles. The summed E-state index contributed by atoms with van der Waals surface area (Å²) in [5.74, 6) is 1.38. The summed E-state index contributed by atoms with van der Waals surface area (Å²) < 4.78 is 45.4. The molecular weight excluding hydrogens is 402 g/mol. The summed E-state index contributed by atoms with van der Waals surface area (Å²) >= 11 is 0. The van der Waals surface area contributed by atoms with Gasteiger partial charge in [-0.25, -0.2) is 8.78 Å². The summed E-state index contributed by atoms with van der Waals surface area (Å²) in [7, 11) is 0. The third kappa shape index (κ3) is 6.46. The summed E-state index contributed by atoms with van der Waals surface area (Å²) in [5, 5.41) is 0. The first-order valence-corrected chi connectivity index (χ1v) is 10.9. The van der Waals surface area contributed by atoms with Gasteiger partial charge in [0, 0.05) is 39.0 Å². The van der Waals surface area contributed by atoms with Crippen molar-refractivity contribution < 1.29 is 23.0 Å². The highest BCUT2D eigenvalue weighted by Crippen LogP contribution is 2.24. The SMILES string of the molecule is FC(Cc1ccc(Oc2ccc(CC(F)N3CCOCC3)cc2)cc1)N1CCOCC1. The fourth-order valence-electron chi connectivity index (χ4n) is 3.89. The lowest BCUT2D eigenvalue weighted by molar-refractivity contribution is -0.0200. The Bertz CT molecular complexity index is 724. The van der Waals surface area contributed by atoms with E-state index in [-0.39, 0.29) is 0 Å². The molecule has 2 unspecified atom stereocenters. The van der Waals surface area contributed by atoms with Crippen LogP contribution in [0.2, 0.25) is 0 Å². The zero-order valence-corrected chi connectivity index (χ0v) is 17.7. The predicted octanol–water partition coefficient (Wildman–Crippen LogP) is 3.82. The predicted molar refractivity (Wildman–Crippen MR) is 115 cm³/mol. The van der Waals surface area contributed by atoms with Gasteiger partial charge in [-0.2, -0.15) is 0 Å². The molecule has 2 aromatic rings. The van der Waals surface area contributed by atoms with Gasteiger partial charge in [0.05, 0.1) is 26.4 Å². The van der Waals surface area contributed by atoms with E-state index in [2.05, 4.69) is 0 Å². The molecule has 0 saturated carbocycles. The Balaban J connectivity index is 1.26. The minimum atomic E-state index is -1.000. The average molecular weight is 433 g/mol. The lowest BCUT2D eigenvalue weighted by Crippen LogP contribution is -2.42. The molecule has 2 saturated heterocycles. The maximum Gasteiger partial charge on any atom is 0.157 e. The van der Waals surface area contributed by atoms with E-state index in [4.69, 9.17) is 14.2 Å². The van der Waals surface area contributed by atoms with Crippen LogP contribution in [-0.2, 0) is 22.3 Å². The first-order chi connectivity index (χ1) is 15.2. The molecule has 0 radical (unpaired) electrons. The van der Waals surface area contributed by atoms with Crippen LogP contribution in [-0.4, -0.2) is 75.0 Å². The molecule has 2 aromatic carbocycles. The van der Waals surface area contributed by atoms with E-state index in [0.717, 1.165) is 11.1 Å². The molecule has 0 N–H and O–H groups in total. The van der Waals surface area contributed by atoms with E-state index in [1.807, 2.05) is 58.3 Å². The van der Waals surface area contributed by atoms with Gasteiger partial charge in [-0.15, -0.1) is 0 Å². The van der Waals surface area contributed by atoms with Gasteiger partial charge in [-0.3, -0.25) is 9.80 Å². The van der Waals surface area contributed by atoms with Gasteiger partial charge in [0.1, 0.15) is 11.5 Å². The molecule has 5 nitrogen and oxygen atoms in total. The second-order valence-corrected chi connectivity index (χ2v) is 7.96. The zero-order chi connectivity index (χ0) is 21.5. The Morgan fingerprint density at radius 2 is 1.00 bits per heavy atom. The van der Waals surface area contributed by atoms with Crippen LogP contribution in [0.3, 0.4) is 0 Å². The summed E-state index contributed by atoms with van der Waals surface area (Å²) in [4.78, 5) is 3.63. The van der Waals surface area contributed by atoms with E-state index < -0.39 is 12.6 Å². The average Bonchev–Trinajstić information content (AvgIpc) is 2.82. The Kier molecular flexibility index (Phi) is 7.86. The normalized spacial score (nSPS) is 20.3.